The molecule has 0 aromatic carbocycles. The van der Waals surface area contributed by atoms with Crippen LogP contribution in [0.1, 0.15) is 110 Å². The maximum absolute atomic E-state index is 10.0. The molecule has 0 bridgehead atoms. The van der Waals surface area contributed by atoms with Crippen LogP contribution in [0.25, 0.3) is 0 Å². The van der Waals surface area contributed by atoms with Crippen LogP contribution in [0.5, 0.6) is 0 Å². The molecule has 2 unspecified atom stereocenters. The maximum Gasteiger partial charge on any atom is 0.0565 e. The Morgan fingerprint density at radius 1 is 0.560 bits per heavy atom. The maximum atomic E-state index is 10.0. The van der Waals surface area contributed by atoms with Gasteiger partial charge in [-0.15, -0.1) is 0 Å². The zero-order valence-electron chi connectivity index (χ0n) is 17.0. The Balaban J connectivity index is 3.47. The molecule has 0 aromatic heterocycles. The van der Waals surface area contributed by atoms with Gasteiger partial charge < -0.3 is 10.2 Å². The normalized spacial score (nSPS) is 14.6. The van der Waals surface area contributed by atoms with E-state index < -0.39 is 0 Å². The van der Waals surface area contributed by atoms with Crippen LogP contribution < -0.4 is 0 Å². The molecule has 148 valence electrons. The van der Waals surface area contributed by atoms with Crippen molar-refractivity contribution in [2.45, 2.75) is 122 Å². The van der Waals surface area contributed by atoms with Crippen LogP contribution in [-0.4, -0.2) is 22.4 Å². The Kier molecular flexibility index (Phi) is 19.2. The summed E-state index contributed by atoms with van der Waals surface area (Å²) in [5, 5.41) is 20.0. The molecule has 2 N–H and O–H groups in total. The van der Waals surface area contributed by atoms with E-state index in [1.165, 1.54) is 51.4 Å². The molecule has 25 heavy (non-hydrogen) atoms. The third-order valence-electron chi connectivity index (χ3n) is 4.64. The smallest absolute Gasteiger partial charge is 0.0565 e. The second-order valence-electron chi connectivity index (χ2n) is 7.34. The summed E-state index contributed by atoms with van der Waals surface area (Å²) < 4.78 is 0. The minimum atomic E-state index is -0.354. The number of aliphatic hydroxyl groups excluding tert-OH is 2. The van der Waals surface area contributed by atoms with Gasteiger partial charge in [0.2, 0.25) is 0 Å². The molecule has 0 heterocycles. The number of rotatable bonds is 18. The van der Waals surface area contributed by atoms with Gasteiger partial charge in [0.25, 0.3) is 0 Å². The molecule has 0 aliphatic rings. The summed E-state index contributed by atoms with van der Waals surface area (Å²) in [6, 6.07) is 0. The minimum absolute atomic E-state index is 0.354. The van der Waals surface area contributed by atoms with Crippen molar-refractivity contribution in [3.8, 4) is 0 Å². The molecular weight excluding hydrogens is 308 g/mol. The summed E-state index contributed by atoms with van der Waals surface area (Å²) in [6.07, 6.45) is 24.7. The fourth-order valence-corrected chi connectivity index (χ4v) is 2.99. The van der Waals surface area contributed by atoms with Crippen LogP contribution in [0.4, 0.5) is 0 Å². The van der Waals surface area contributed by atoms with Crippen molar-refractivity contribution in [1.29, 1.82) is 0 Å². The van der Waals surface area contributed by atoms with Gasteiger partial charge in [-0.2, -0.15) is 0 Å². The first-order valence-electron chi connectivity index (χ1n) is 10.9. The van der Waals surface area contributed by atoms with Crippen molar-refractivity contribution < 1.29 is 10.2 Å². The molecule has 0 spiro atoms. The molecule has 2 nitrogen and oxygen atoms in total. The summed E-state index contributed by atoms with van der Waals surface area (Å²) in [6.45, 7) is 4.45. The first-order chi connectivity index (χ1) is 12.2. The molecule has 2 atom stereocenters. The van der Waals surface area contributed by atoms with E-state index in [0.717, 1.165) is 38.5 Å². The lowest BCUT2D eigenvalue weighted by Crippen LogP contribution is -2.17. The zero-order chi connectivity index (χ0) is 18.6. The third-order valence-corrected chi connectivity index (χ3v) is 4.64. The molecule has 0 saturated carbocycles. The fraction of sp³-hybridized carbons (Fsp3) is 0.826. The van der Waals surface area contributed by atoms with Crippen LogP contribution >= 0.6 is 0 Å². The molecule has 0 rings (SSSR count). The number of allylic oxidation sites excluding steroid dienone is 4. The molecule has 2 heteroatoms. The van der Waals surface area contributed by atoms with Crippen LogP contribution in [0.15, 0.2) is 24.3 Å². The SMILES string of the molecule is CCCCCC=CCCCC(O)CC(O)CCCC=CCCCCC. The molecule has 0 amide bonds. The van der Waals surface area contributed by atoms with E-state index >= 15 is 0 Å². The minimum Gasteiger partial charge on any atom is -0.393 e. The molecule has 0 aliphatic carbocycles. The van der Waals surface area contributed by atoms with Crippen molar-refractivity contribution in [2.24, 2.45) is 0 Å². The summed E-state index contributed by atoms with van der Waals surface area (Å²) in [4.78, 5) is 0. The Hall–Kier alpha value is -0.600. The van der Waals surface area contributed by atoms with Gasteiger partial charge in [0.15, 0.2) is 0 Å². The summed E-state index contributed by atoms with van der Waals surface area (Å²) in [7, 11) is 0. The zero-order valence-corrected chi connectivity index (χ0v) is 17.0. The first-order valence-corrected chi connectivity index (χ1v) is 10.9. The van der Waals surface area contributed by atoms with E-state index in [9.17, 15) is 10.2 Å². The average molecular weight is 353 g/mol. The lowest BCUT2D eigenvalue weighted by Gasteiger charge is -2.15. The van der Waals surface area contributed by atoms with Crippen molar-refractivity contribution >= 4 is 0 Å². The van der Waals surface area contributed by atoms with E-state index in [1.54, 1.807) is 0 Å². The number of unbranched alkanes of at least 4 members (excludes halogenated alkanes) is 8. The Labute approximate surface area is 157 Å². The van der Waals surface area contributed by atoms with Crippen LogP contribution in [0.2, 0.25) is 0 Å². The largest absolute Gasteiger partial charge is 0.393 e. The highest BCUT2D eigenvalue weighted by Gasteiger charge is 2.10. The standard InChI is InChI=1S/C23H44O2/c1-3-5-7-9-11-13-15-17-19-22(24)21-23(25)20-18-16-14-12-10-8-6-4-2/h11-14,22-25H,3-10,15-21H2,1-2H3. The molecule has 0 aromatic rings. The lowest BCUT2D eigenvalue weighted by molar-refractivity contribution is 0.0691. The predicted octanol–water partition coefficient (Wildman–Crippen LogP) is 6.71. The predicted molar refractivity (Wildman–Crippen MR) is 111 cm³/mol. The lowest BCUT2D eigenvalue weighted by atomic mass is 10.0. The van der Waals surface area contributed by atoms with E-state index in [0.29, 0.717) is 6.42 Å². The van der Waals surface area contributed by atoms with Crippen molar-refractivity contribution in [3.05, 3.63) is 24.3 Å². The summed E-state index contributed by atoms with van der Waals surface area (Å²) >= 11 is 0. The average Bonchev–Trinajstić information content (AvgIpc) is 2.59. The number of aliphatic hydroxyl groups is 2. The second kappa shape index (κ2) is 19.7. The van der Waals surface area contributed by atoms with E-state index in [4.69, 9.17) is 0 Å². The quantitative estimate of drug-likeness (QED) is 0.212. The van der Waals surface area contributed by atoms with Crippen molar-refractivity contribution in [3.63, 3.8) is 0 Å². The molecule has 0 radical (unpaired) electrons. The molecule has 0 fully saturated rings. The van der Waals surface area contributed by atoms with Crippen molar-refractivity contribution in [2.75, 3.05) is 0 Å². The van der Waals surface area contributed by atoms with Gasteiger partial charge in [0, 0.05) is 0 Å². The van der Waals surface area contributed by atoms with Gasteiger partial charge in [-0.1, -0.05) is 63.8 Å². The van der Waals surface area contributed by atoms with E-state index in [-0.39, 0.29) is 12.2 Å². The van der Waals surface area contributed by atoms with Gasteiger partial charge in [-0.3, -0.25) is 0 Å². The van der Waals surface area contributed by atoms with Gasteiger partial charge in [0.05, 0.1) is 12.2 Å². The Morgan fingerprint density at radius 2 is 0.920 bits per heavy atom. The number of hydrogen-bond donors (Lipinski definition) is 2. The highest BCUT2D eigenvalue weighted by molar-refractivity contribution is 4.82. The second-order valence-corrected chi connectivity index (χ2v) is 7.34. The van der Waals surface area contributed by atoms with E-state index in [2.05, 4.69) is 38.2 Å². The Morgan fingerprint density at radius 3 is 1.28 bits per heavy atom. The topological polar surface area (TPSA) is 40.5 Å². The fourth-order valence-electron chi connectivity index (χ4n) is 2.99. The van der Waals surface area contributed by atoms with Gasteiger partial charge in [-0.05, 0) is 70.6 Å². The van der Waals surface area contributed by atoms with Gasteiger partial charge in [-0.25, -0.2) is 0 Å². The first kappa shape index (κ1) is 24.4. The third kappa shape index (κ3) is 19.6. The van der Waals surface area contributed by atoms with Crippen molar-refractivity contribution in [1.82, 2.24) is 0 Å². The van der Waals surface area contributed by atoms with Crippen LogP contribution in [0, 0.1) is 0 Å². The van der Waals surface area contributed by atoms with Crippen LogP contribution in [0.3, 0.4) is 0 Å². The monoisotopic (exact) mass is 352 g/mol. The number of hydrogen-bond acceptors (Lipinski definition) is 2. The van der Waals surface area contributed by atoms with Gasteiger partial charge >= 0.3 is 0 Å². The van der Waals surface area contributed by atoms with Crippen LogP contribution in [-0.2, 0) is 0 Å². The van der Waals surface area contributed by atoms with Gasteiger partial charge in [0.1, 0.15) is 0 Å². The molecular formula is C23H44O2. The highest BCUT2D eigenvalue weighted by Crippen LogP contribution is 2.13. The summed E-state index contributed by atoms with van der Waals surface area (Å²) in [5.41, 5.74) is 0. The molecule has 0 aliphatic heterocycles. The molecule has 0 saturated heterocycles. The van der Waals surface area contributed by atoms with E-state index in [1.807, 2.05) is 0 Å². The summed E-state index contributed by atoms with van der Waals surface area (Å²) in [5.74, 6) is 0. The highest BCUT2D eigenvalue weighted by atomic mass is 16.3. The Bertz CT molecular complexity index is 279.